The van der Waals surface area contributed by atoms with Crippen molar-refractivity contribution in [1.29, 1.82) is 0 Å². The summed E-state index contributed by atoms with van der Waals surface area (Å²) in [6.07, 6.45) is 0.905. The van der Waals surface area contributed by atoms with E-state index < -0.39 is 5.41 Å². The number of nitrogens with one attached hydrogen (secondary N) is 1. The zero-order valence-electron chi connectivity index (χ0n) is 15.1. The van der Waals surface area contributed by atoms with Crippen LogP contribution in [0.1, 0.15) is 25.8 Å². The van der Waals surface area contributed by atoms with Crippen LogP contribution in [0.15, 0.2) is 24.3 Å². The summed E-state index contributed by atoms with van der Waals surface area (Å²) in [5, 5.41) is 2.94. The normalized spacial score (nSPS) is 19.8. The van der Waals surface area contributed by atoms with Gasteiger partial charge in [-0.25, -0.2) is 0 Å². The lowest BCUT2D eigenvalue weighted by atomic mass is 9.86. The van der Waals surface area contributed by atoms with Crippen LogP contribution in [0.2, 0.25) is 0 Å². The molecule has 136 valence electrons. The van der Waals surface area contributed by atoms with Gasteiger partial charge in [-0.05, 0) is 38.4 Å². The van der Waals surface area contributed by atoms with E-state index in [0.717, 1.165) is 50.5 Å². The molecule has 0 aromatic heterocycles. The number of fused-ring (bicyclic) bond motifs is 1. The van der Waals surface area contributed by atoms with Crippen molar-refractivity contribution in [2.24, 2.45) is 0 Å². The van der Waals surface area contributed by atoms with E-state index in [0.29, 0.717) is 6.54 Å². The molecule has 2 aliphatic rings. The first-order valence-electron chi connectivity index (χ1n) is 8.98. The molecule has 1 aromatic carbocycles. The molecule has 1 fully saturated rings. The van der Waals surface area contributed by atoms with Crippen molar-refractivity contribution in [3.8, 4) is 0 Å². The van der Waals surface area contributed by atoms with Gasteiger partial charge in [0.15, 0.2) is 0 Å². The minimum atomic E-state index is -0.576. The molecule has 6 nitrogen and oxygen atoms in total. The summed E-state index contributed by atoms with van der Waals surface area (Å²) in [5.74, 6) is -0.125. The van der Waals surface area contributed by atoms with Crippen LogP contribution in [0.4, 0.5) is 5.69 Å². The van der Waals surface area contributed by atoms with Gasteiger partial charge in [-0.2, -0.15) is 0 Å². The number of carbonyl (C=O) groups is 2. The van der Waals surface area contributed by atoms with Crippen molar-refractivity contribution >= 4 is 17.5 Å². The maximum absolute atomic E-state index is 12.7. The van der Waals surface area contributed by atoms with Gasteiger partial charge in [0.25, 0.3) is 0 Å². The van der Waals surface area contributed by atoms with E-state index in [4.69, 9.17) is 4.74 Å². The average molecular weight is 345 g/mol. The number of hydrogen-bond acceptors (Lipinski definition) is 4. The molecule has 0 atom stereocenters. The van der Waals surface area contributed by atoms with Gasteiger partial charge in [-0.3, -0.25) is 14.5 Å². The summed E-state index contributed by atoms with van der Waals surface area (Å²) in [7, 11) is 0. The Morgan fingerprint density at radius 2 is 1.96 bits per heavy atom. The Morgan fingerprint density at radius 3 is 2.72 bits per heavy atom. The molecule has 0 bridgehead atoms. The molecule has 0 spiro atoms. The van der Waals surface area contributed by atoms with Crippen LogP contribution < -0.4 is 10.2 Å². The number of carbonyl (C=O) groups excluding carboxylic acids is 2. The van der Waals surface area contributed by atoms with Gasteiger partial charge in [0.05, 0.1) is 18.6 Å². The van der Waals surface area contributed by atoms with Crippen molar-refractivity contribution in [2.45, 2.75) is 25.7 Å². The highest BCUT2D eigenvalue weighted by Crippen LogP contribution is 2.40. The number of amides is 2. The Balaban J connectivity index is 1.49. The summed E-state index contributed by atoms with van der Waals surface area (Å²) in [5.41, 5.74) is 1.26. The van der Waals surface area contributed by atoms with Gasteiger partial charge in [-0.15, -0.1) is 0 Å². The van der Waals surface area contributed by atoms with Crippen LogP contribution in [-0.4, -0.2) is 62.7 Å². The second-order valence-corrected chi connectivity index (χ2v) is 7.19. The topological polar surface area (TPSA) is 61.9 Å². The molecule has 0 saturated carbocycles. The lowest BCUT2D eigenvalue weighted by Crippen LogP contribution is -2.43. The molecule has 2 heterocycles. The second-order valence-electron chi connectivity index (χ2n) is 7.19. The fourth-order valence-electron chi connectivity index (χ4n) is 3.51. The molecular weight excluding hydrogens is 318 g/mol. The summed E-state index contributed by atoms with van der Waals surface area (Å²) < 4.78 is 5.33. The van der Waals surface area contributed by atoms with Crippen LogP contribution in [0.3, 0.4) is 0 Å². The Labute approximate surface area is 149 Å². The Kier molecular flexibility index (Phi) is 5.39. The largest absolute Gasteiger partial charge is 0.379 e. The van der Waals surface area contributed by atoms with Crippen molar-refractivity contribution in [3.63, 3.8) is 0 Å². The zero-order valence-corrected chi connectivity index (χ0v) is 15.1. The van der Waals surface area contributed by atoms with E-state index in [1.165, 1.54) is 0 Å². The summed E-state index contributed by atoms with van der Waals surface area (Å²) in [6, 6.07) is 7.71. The van der Waals surface area contributed by atoms with E-state index >= 15 is 0 Å². The number of benzene rings is 1. The molecule has 0 radical (unpaired) electrons. The second kappa shape index (κ2) is 7.54. The standard InChI is InChI=1S/C19H27N3O3/c1-19(2)15-6-3-4-7-16(15)22(18(19)24)14-17(23)20-8-5-9-21-10-12-25-13-11-21/h3-4,6-7H,5,8-14H2,1-2H3,(H,20,23). The van der Waals surface area contributed by atoms with Crippen molar-refractivity contribution < 1.29 is 14.3 Å². The number of para-hydroxylation sites is 1. The highest BCUT2D eigenvalue weighted by atomic mass is 16.5. The molecule has 6 heteroatoms. The van der Waals surface area contributed by atoms with Gasteiger partial charge in [-0.1, -0.05) is 18.2 Å². The molecule has 1 aromatic rings. The third-order valence-electron chi connectivity index (χ3n) is 5.03. The van der Waals surface area contributed by atoms with E-state index in [2.05, 4.69) is 10.2 Å². The van der Waals surface area contributed by atoms with Crippen LogP contribution in [0.25, 0.3) is 0 Å². The first kappa shape index (κ1) is 17.9. The lowest BCUT2D eigenvalue weighted by Gasteiger charge is -2.26. The van der Waals surface area contributed by atoms with Gasteiger partial charge in [0.2, 0.25) is 11.8 Å². The quantitative estimate of drug-likeness (QED) is 0.786. The first-order chi connectivity index (χ1) is 12.0. The van der Waals surface area contributed by atoms with E-state index in [1.54, 1.807) is 4.90 Å². The monoisotopic (exact) mass is 345 g/mol. The van der Waals surface area contributed by atoms with Crippen LogP contribution in [-0.2, 0) is 19.7 Å². The molecular formula is C19H27N3O3. The van der Waals surface area contributed by atoms with Crippen molar-refractivity contribution in [3.05, 3.63) is 29.8 Å². The third kappa shape index (κ3) is 3.85. The predicted molar refractivity (Wildman–Crippen MR) is 96.7 cm³/mol. The maximum Gasteiger partial charge on any atom is 0.240 e. The Bertz CT molecular complexity index is 639. The van der Waals surface area contributed by atoms with E-state index in [-0.39, 0.29) is 18.4 Å². The van der Waals surface area contributed by atoms with Crippen LogP contribution >= 0.6 is 0 Å². The van der Waals surface area contributed by atoms with Gasteiger partial charge in [0, 0.05) is 25.3 Å². The SMILES string of the molecule is CC1(C)C(=O)N(CC(=O)NCCCN2CCOCC2)c2ccccc21. The molecule has 0 aliphatic carbocycles. The lowest BCUT2D eigenvalue weighted by molar-refractivity contribution is -0.125. The fraction of sp³-hybridized carbons (Fsp3) is 0.579. The van der Waals surface area contributed by atoms with Crippen molar-refractivity contribution in [2.75, 3.05) is 50.8 Å². The number of ether oxygens (including phenoxy) is 1. The molecule has 2 aliphatic heterocycles. The predicted octanol–water partition coefficient (Wildman–Crippen LogP) is 1.15. The van der Waals surface area contributed by atoms with E-state index in [1.807, 2.05) is 38.1 Å². The average Bonchev–Trinajstić information content (AvgIpc) is 2.81. The molecule has 0 unspecified atom stereocenters. The maximum atomic E-state index is 12.7. The smallest absolute Gasteiger partial charge is 0.240 e. The summed E-state index contributed by atoms with van der Waals surface area (Å²) in [4.78, 5) is 28.9. The minimum absolute atomic E-state index is 0.0165. The Morgan fingerprint density at radius 1 is 1.24 bits per heavy atom. The highest BCUT2D eigenvalue weighted by Gasteiger charge is 2.43. The summed E-state index contributed by atoms with van der Waals surface area (Å²) >= 11 is 0. The number of morpholine rings is 1. The zero-order chi connectivity index (χ0) is 17.9. The number of nitrogens with zero attached hydrogens (tertiary/aromatic N) is 2. The van der Waals surface area contributed by atoms with E-state index in [9.17, 15) is 9.59 Å². The number of anilines is 1. The third-order valence-corrected chi connectivity index (χ3v) is 5.03. The molecule has 3 rings (SSSR count). The van der Waals surface area contributed by atoms with Crippen LogP contribution in [0, 0.1) is 0 Å². The number of rotatable bonds is 6. The van der Waals surface area contributed by atoms with Crippen LogP contribution in [0.5, 0.6) is 0 Å². The fourth-order valence-corrected chi connectivity index (χ4v) is 3.51. The molecule has 2 amide bonds. The van der Waals surface area contributed by atoms with Gasteiger partial charge < -0.3 is 15.0 Å². The Hall–Kier alpha value is -1.92. The van der Waals surface area contributed by atoms with Crippen molar-refractivity contribution in [1.82, 2.24) is 10.2 Å². The minimum Gasteiger partial charge on any atom is -0.379 e. The molecule has 1 N–H and O–H groups in total. The molecule has 1 saturated heterocycles. The highest BCUT2D eigenvalue weighted by molar-refractivity contribution is 6.10. The first-order valence-corrected chi connectivity index (χ1v) is 8.98. The summed E-state index contributed by atoms with van der Waals surface area (Å²) in [6.45, 7) is 8.99. The number of hydrogen-bond donors (Lipinski definition) is 1. The van der Waals surface area contributed by atoms with Gasteiger partial charge >= 0.3 is 0 Å². The van der Waals surface area contributed by atoms with Gasteiger partial charge in [0.1, 0.15) is 6.54 Å². The molecule has 25 heavy (non-hydrogen) atoms.